The third-order valence-electron chi connectivity index (χ3n) is 3.53. The second kappa shape index (κ2) is 8.28. The molecule has 0 aliphatic carbocycles. The third-order valence-corrected chi connectivity index (χ3v) is 3.53. The second-order valence-electron chi connectivity index (χ2n) is 6.25. The minimum atomic E-state index is 0.157. The highest BCUT2D eigenvalue weighted by Gasteiger charge is 2.10. The number of benzene rings is 1. The predicted octanol–water partition coefficient (Wildman–Crippen LogP) is 3.12. The molecule has 2 N–H and O–H groups in total. The number of hydrogen-bond donors (Lipinski definition) is 1. The molecule has 0 saturated heterocycles. The second-order valence-corrected chi connectivity index (χ2v) is 6.25. The summed E-state index contributed by atoms with van der Waals surface area (Å²) in [6.07, 6.45) is 0.982. The van der Waals surface area contributed by atoms with Gasteiger partial charge in [0.1, 0.15) is 0 Å². The van der Waals surface area contributed by atoms with Gasteiger partial charge in [0.05, 0.1) is 0 Å². The fourth-order valence-corrected chi connectivity index (χ4v) is 2.26. The Labute approximate surface area is 124 Å². The first-order valence-electron chi connectivity index (χ1n) is 7.69. The molecule has 1 aromatic rings. The van der Waals surface area contributed by atoms with Gasteiger partial charge in [0.15, 0.2) is 0 Å². The van der Waals surface area contributed by atoms with Crippen LogP contribution in [0.3, 0.4) is 0 Å². The van der Waals surface area contributed by atoms with E-state index in [1.54, 1.807) is 0 Å². The average molecular weight is 277 g/mol. The molecule has 0 spiro atoms. The summed E-state index contributed by atoms with van der Waals surface area (Å²) in [5, 5.41) is 0. The Morgan fingerprint density at radius 1 is 1.05 bits per heavy atom. The monoisotopic (exact) mass is 277 g/mol. The molecule has 1 aromatic carbocycles. The van der Waals surface area contributed by atoms with E-state index in [0.29, 0.717) is 5.92 Å². The van der Waals surface area contributed by atoms with Crippen molar-refractivity contribution in [2.24, 2.45) is 11.7 Å². The van der Waals surface area contributed by atoms with Crippen molar-refractivity contribution in [1.29, 1.82) is 0 Å². The molecule has 0 radical (unpaired) electrons. The minimum absolute atomic E-state index is 0.157. The Hall–Kier alpha value is -1.06. The van der Waals surface area contributed by atoms with Gasteiger partial charge in [0, 0.05) is 31.4 Å². The van der Waals surface area contributed by atoms with Crippen molar-refractivity contribution in [3.05, 3.63) is 29.8 Å². The minimum Gasteiger partial charge on any atom is -0.370 e. The third kappa shape index (κ3) is 5.51. The summed E-state index contributed by atoms with van der Waals surface area (Å²) < 4.78 is 0. The summed E-state index contributed by atoms with van der Waals surface area (Å²) in [5.74, 6) is 0.662. The topological polar surface area (TPSA) is 32.5 Å². The standard InChI is InChI=1S/C17H31N3/c1-6-17(18)15-7-9-16(10-8-15)20(13-14(2)3)12-11-19(4)5/h7-10,14,17H,6,11-13,18H2,1-5H3/t17-/m0/s1. The smallest absolute Gasteiger partial charge is 0.0366 e. The molecule has 0 aliphatic heterocycles. The van der Waals surface area contributed by atoms with E-state index in [9.17, 15) is 0 Å². The molecule has 0 saturated carbocycles. The lowest BCUT2D eigenvalue weighted by molar-refractivity contribution is 0.409. The Bertz CT molecular complexity index is 370. The molecule has 20 heavy (non-hydrogen) atoms. The first-order chi connectivity index (χ1) is 9.43. The van der Waals surface area contributed by atoms with Gasteiger partial charge >= 0.3 is 0 Å². The molecular formula is C17H31N3. The fraction of sp³-hybridized carbons (Fsp3) is 0.647. The molecule has 0 heterocycles. The maximum Gasteiger partial charge on any atom is 0.0366 e. The maximum atomic E-state index is 6.08. The van der Waals surface area contributed by atoms with Crippen LogP contribution >= 0.6 is 0 Å². The van der Waals surface area contributed by atoms with Gasteiger partial charge in [0.2, 0.25) is 0 Å². The van der Waals surface area contributed by atoms with E-state index in [2.05, 4.69) is 68.9 Å². The highest BCUT2D eigenvalue weighted by atomic mass is 15.2. The molecule has 0 aromatic heterocycles. The Morgan fingerprint density at radius 2 is 1.65 bits per heavy atom. The zero-order chi connectivity index (χ0) is 15.1. The van der Waals surface area contributed by atoms with Crippen LogP contribution in [-0.2, 0) is 0 Å². The van der Waals surface area contributed by atoms with Crippen LogP contribution in [-0.4, -0.2) is 38.6 Å². The van der Waals surface area contributed by atoms with Crippen LogP contribution in [0.1, 0.15) is 38.8 Å². The first-order valence-corrected chi connectivity index (χ1v) is 7.69. The average Bonchev–Trinajstić information content (AvgIpc) is 2.42. The molecule has 3 nitrogen and oxygen atoms in total. The lowest BCUT2D eigenvalue weighted by Crippen LogP contribution is -2.34. The van der Waals surface area contributed by atoms with Crippen molar-refractivity contribution in [3.8, 4) is 0 Å². The van der Waals surface area contributed by atoms with E-state index in [0.717, 1.165) is 26.1 Å². The Balaban J connectivity index is 2.79. The Kier molecular flexibility index (Phi) is 7.03. The van der Waals surface area contributed by atoms with E-state index in [-0.39, 0.29) is 6.04 Å². The van der Waals surface area contributed by atoms with Gasteiger partial charge in [-0.15, -0.1) is 0 Å². The van der Waals surface area contributed by atoms with Gasteiger partial charge < -0.3 is 15.5 Å². The summed E-state index contributed by atoms with van der Waals surface area (Å²) in [4.78, 5) is 4.70. The Morgan fingerprint density at radius 3 is 2.10 bits per heavy atom. The van der Waals surface area contributed by atoms with Gasteiger partial charge in [0.25, 0.3) is 0 Å². The highest BCUT2D eigenvalue weighted by Crippen LogP contribution is 2.20. The van der Waals surface area contributed by atoms with E-state index < -0.39 is 0 Å². The van der Waals surface area contributed by atoms with Crippen LogP contribution in [0.25, 0.3) is 0 Å². The molecule has 114 valence electrons. The van der Waals surface area contributed by atoms with Crippen LogP contribution in [0.4, 0.5) is 5.69 Å². The summed E-state index contributed by atoms with van der Waals surface area (Å²) in [6.45, 7) is 9.88. The zero-order valence-corrected chi connectivity index (χ0v) is 13.8. The van der Waals surface area contributed by atoms with Crippen LogP contribution in [0.2, 0.25) is 0 Å². The molecule has 0 fully saturated rings. The number of rotatable bonds is 8. The van der Waals surface area contributed by atoms with E-state index >= 15 is 0 Å². The van der Waals surface area contributed by atoms with E-state index in [1.165, 1.54) is 11.3 Å². The van der Waals surface area contributed by atoms with E-state index in [1.807, 2.05) is 0 Å². The van der Waals surface area contributed by atoms with Crippen molar-refractivity contribution in [2.45, 2.75) is 33.2 Å². The fourth-order valence-electron chi connectivity index (χ4n) is 2.26. The van der Waals surface area contributed by atoms with Crippen LogP contribution < -0.4 is 10.6 Å². The molecule has 0 bridgehead atoms. The summed E-state index contributed by atoms with van der Waals surface area (Å²) in [7, 11) is 4.24. The van der Waals surface area contributed by atoms with Gasteiger partial charge in [-0.25, -0.2) is 0 Å². The van der Waals surface area contributed by atoms with Crippen molar-refractivity contribution >= 4 is 5.69 Å². The number of nitrogens with zero attached hydrogens (tertiary/aromatic N) is 2. The van der Waals surface area contributed by atoms with Gasteiger partial charge in [-0.05, 0) is 44.1 Å². The molecule has 3 heteroatoms. The lowest BCUT2D eigenvalue weighted by Gasteiger charge is -2.28. The summed E-state index contributed by atoms with van der Waals surface area (Å²) in [6, 6.07) is 8.93. The van der Waals surface area contributed by atoms with Crippen molar-refractivity contribution < 1.29 is 0 Å². The SMILES string of the molecule is CC[C@H](N)c1ccc(N(CCN(C)C)CC(C)C)cc1. The largest absolute Gasteiger partial charge is 0.370 e. The van der Waals surface area contributed by atoms with Crippen LogP contribution in [0, 0.1) is 5.92 Å². The molecule has 1 atom stereocenters. The molecule has 0 unspecified atom stereocenters. The number of hydrogen-bond acceptors (Lipinski definition) is 3. The van der Waals surface area contributed by atoms with Gasteiger partial charge in [-0.1, -0.05) is 32.9 Å². The maximum absolute atomic E-state index is 6.08. The van der Waals surface area contributed by atoms with Crippen molar-refractivity contribution in [2.75, 3.05) is 38.6 Å². The molecule has 0 amide bonds. The summed E-state index contributed by atoms with van der Waals surface area (Å²) >= 11 is 0. The van der Waals surface area contributed by atoms with E-state index in [4.69, 9.17) is 5.73 Å². The highest BCUT2D eigenvalue weighted by molar-refractivity contribution is 5.48. The van der Waals surface area contributed by atoms with Crippen LogP contribution in [0.15, 0.2) is 24.3 Å². The molecular weight excluding hydrogens is 246 g/mol. The van der Waals surface area contributed by atoms with Gasteiger partial charge in [-0.2, -0.15) is 0 Å². The molecule has 1 rings (SSSR count). The normalized spacial score (nSPS) is 13.0. The van der Waals surface area contributed by atoms with Crippen molar-refractivity contribution in [3.63, 3.8) is 0 Å². The van der Waals surface area contributed by atoms with Crippen molar-refractivity contribution in [1.82, 2.24) is 4.90 Å². The number of nitrogens with two attached hydrogens (primary N) is 1. The number of likely N-dealkylation sites (N-methyl/N-ethyl adjacent to an activating group) is 1. The first kappa shape index (κ1) is 17.0. The number of anilines is 1. The molecule has 0 aliphatic rings. The quantitative estimate of drug-likeness (QED) is 0.792. The predicted molar refractivity (Wildman–Crippen MR) is 89.3 cm³/mol. The lowest BCUT2D eigenvalue weighted by atomic mass is 10.0. The zero-order valence-electron chi connectivity index (χ0n) is 13.8. The summed E-state index contributed by atoms with van der Waals surface area (Å²) in [5.41, 5.74) is 8.61. The van der Waals surface area contributed by atoms with Crippen LogP contribution in [0.5, 0.6) is 0 Å². The van der Waals surface area contributed by atoms with Gasteiger partial charge in [-0.3, -0.25) is 0 Å².